The molecule has 0 unspecified atom stereocenters. The summed E-state index contributed by atoms with van der Waals surface area (Å²) in [6, 6.07) is 4.98. The molecule has 5 nitrogen and oxygen atoms in total. The van der Waals surface area contributed by atoms with E-state index in [2.05, 4.69) is 48.1 Å². The van der Waals surface area contributed by atoms with Gasteiger partial charge in [-0.1, -0.05) is 15.9 Å². The SMILES string of the molecule is CN1CCN(CCCCNc2nc(C(F)(F)F)nc3ccc(Br)cc23)CC1. The zero-order chi connectivity index (χ0) is 19.4. The highest BCUT2D eigenvalue weighted by Crippen LogP contribution is 2.31. The third-order valence-corrected chi connectivity index (χ3v) is 5.19. The van der Waals surface area contributed by atoms with Crippen molar-refractivity contribution in [3.63, 3.8) is 0 Å². The van der Waals surface area contributed by atoms with E-state index < -0.39 is 12.0 Å². The number of alkyl halides is 3. The zero-order valence-corrected chi connectivity index (χ0v) is 16.8. The zero-order valence-electron chi connectivity index (χ0n) is 15.2. The average Bonchev–Trinajstić information content (AvgIpc) is 2.62. The molecule has 0 aliphatic carbocycles. The molecule has 148 valence electrons. The summed E-state index contributed by atoms with van der Waals surface area (Å²) in [4.78, 5) is 12.1. The molecule has 1 N–H and O–H groups in total. The highest BCUT2D eigenvalue weighted by atomic mass is 79.9. The largest absolute Gasteiger partial charge is 0.451 e. The predicted molar refractivity (Wildman–Crippen MR) is 104 cm³/mol. The first-order valence-corrected chi connectivity index (χ1v) is 9.81. The summed E-state index contributed by atoms with van der Waals surface area (Å²) in [6.07, 6.45) is -2.71. The topological polar surface area (TPSA) is 44.3 Å². The van der Waals surface area contributed by atoms with Gasteiger partial charge in [0.25, 0.3) is 0 Å². The van der Waals surface area contributed by atoms with Crippen molar-refractivity contribution in [1.29, 1.82) is 0 Å². The van der Waals surface area contributed by atoms with E-state index in [0.29, 0.717) is 11.9 Å². The Kier molecular flexibility index (Phi) is 6.54. The number of fused-ring (bicyclic) bond motifs is 1. The van der Waals surface area contributed by atoms with Crippen LogP contribution >= 0.6 is 15.9 Å². The van der Waals surface area contributed by atoms with Crippen LogP contribution in [0.5, 0.6) is 0 Å². The molecule has 1 aromatic heterocycles. The molecule has 1 aromatic carbocycles. The number of nitrogens with zero attached hydrogens (tertiary/aromatic N) is 4. The number of aromatic nitrogens is 2. The third kappa shape index (κ3) is 5.52. The summed E-state index contributed by atoms with van der Waals surface area (Å²) in [6.45, 7) is 5.90. The van der Waals surface area contributed by atoms with E-state index in [0.717, 1.165) is 50.0 Å². The van der Waals surface area contributed by atoms with E-state index in [1.165, 1.54) is 0 Å². The number of halogens is 4. The van der Waals surface area contributed by atoms with Crippen LogP contribution in [0.1, 0.15) is 18.7 Å². The van der Waals surface area contributed by atoms with Crippen LogP contribution in [0.4, 0.5) is 19.0 Å². The maximum absolute atomic E-state index is 13.1. The molecule has 3 rings (SSSR count). The second kappa shape index (κ2) is 8.70. The van der Waals surface area contributed by atoms with Gasteiger partial charge < -0.3 is 15.1 Å². The number of unbranched alkanes of at least 4 members (excludes halogenated alkanes) is 1. The number of hydrogen-bond donors (Lipinski definition) is 1. The van der Waals surface area contributed by atoms with Crippen LogP contribution in [-0.2, 0) is 6.18 Å². The monoisotopic (exact) mass is 445 g/mol. The van der Waals surface area contributed by atoms with Crippen LogP contribution in [0.15, 0.2) is 22.7 Å². The van der Waals surface area contributed by atoms with Gasteiger partial charge in [0, 0.05) is 42.6 Å². The first-order valence-electron chi connectivity index (χ1n) is 9.02. The van der Waals surface area contributed by atoms with Gasteiger partial charge in [0.2, 0.25) is 5.82 Å². The minimum Gasteiger partial charge on any atom is -0.369 e. The number of piperazine rings is 1. The van der Waals surface area contributed by atoms with Crippen molar-refractivity contribution in [2.24, 2.45) is 0 Å². The van der Waals surface area contributed by atoms with Gasteiger partial charge in [-0.15, -0.1) is 0 Å². The predicted octanol–water partition coefficient (Wildman–Crippen LogP) is 3.85. The smallest absolute Gasteiger partial charge is 0.369 e. The molecule has 9 heteroatoms. The second-order valence-corrected chi connectivity index (χ2v) is 7.75. The van der Waals surface area contributed by atoms with E-state index >= 15 is 0 Å². The average molecular weight is 446 g/mol. The minimum atomic E-state index is -4.57. The quantitative estimate of drug-likeness (QED) is 0.684. The fourth-order valence-electron chi connectivity index (χ4n) is 3.10. The molecule has 2 aromatic rings. The molecule has 0 radical (unpaired) electrons. The molecule has 27 heavy (non-hydrogen) atoms. The molecule has 0 saturated carbocycles. The van der Waals surface area contributed by atoms with Crippen molar-refractivity contribution in [2.45, 2.75) is 19.0 Å². The Morgan fingerprint density at radius 3 is 2.56 bits per heavy atom. The molecule has 1 aliphatic heterocycles. The Bertz CT molecular complexity index is 775. The van der Waals surface area contributed by atoms with Gasteiger partial charge in [-0.3, -0.25) is 0 Å². The molecule has 1 aliphatic rings. The highest BCUT2D eigenvalue weighted by molar-refractivity contribution is 9.10. The Morgan fingerprint density at radius 1 is 1.11 bits per heavy atom. The van der Waals surface area contributed by atoms with Crippen LogP contribution in [-0.4, -0.2) is 66.1 Å². The van der Waals surface area contributed by atoms with Gasteiger partial charge in [-0.25, -0.2) is 9.97 Å². The fraction of sp³-hybridized carbons (Fsp3) is 0.556. The van der Waals surface area contributed by atoms with E-state index in [9.17, 15) is 13.2 Å². The van der Waals surface area contributed by atoms with Crippen LogP contribution in [0, 0.1) is 0 Å². The number of hydrogen-bond acceptors (Lipinski definition) is 5. The highest BCUT2D eigenvalue weighted by Gasteiger charge is 2.35. The van der Waals surface area contributed by atoms with Crippen LogP contribution in [0.2, 0.25) is 0 Å². The number of nitrogens with one attached hydrogen (secondary N) is 1. The van der Waals surface area contributed by atoms with E-state index in [1.54, 1.807) is 18.2 Å². The summed E-state index contributed by atoms with van der Waals surface area (Å²) < 4.78 is 40.0. The van der Waals surface area contributed by atoms with Gasteiger partial charge in [-0.2, -0.15) is 13.2 Å². The Morgan fingerprint density at radius 2 is 1.85 bits per heavy atom. The van der Waals surface area contributed by atoms with Gasteiger partial charge in [0.05, 0.1) is 5.52 Å². The molecule has 0 bridgehead atoms. The Labute approximate surface area is 165 Å². The first kappa shape index (κ1) is 20.3. The normalized spacial score (nSPS) is 16.8. The second-order valence-electron chi connectivity index (χ2n) is 6.83. The van der Waals surface area contributed by atoms with Gasteiger partial charge >= 0.3 is 6.18 Å². The first-order chi connectivity index (χ1) is 12.8. The Balaban J connectivity index is 1.61. The maximum atomic E-state index is 13.1. The minimum absolute atomic E-state index is 0.230. The third-order valence-electron chi connectivity index (χ3n) is 4.70. The molecule has 0 amide bonds. The summed E-state index contributed by atoms with van der Waals surface area (Å²) in [5, 5.41) is 3.65. The molecular formula is C18H23BrF3N5. The van der Waals surface area contributed by atoms with Crippen molar-refractivity contribution < 1.29 is 13.2 Å². The summed E-state index contributed by atoms with van der Waals surface area (Å²) >= 11 is 3.35. The van der Waals surface area contributed by atoms with E-state index in [4.69, 9.17) is 0 Å². The van der Waals surface area contributed by atoms with Gasteiger partial charge in [0.1, 0.15) is 5.82 Å². The van der Waals surface area contributed by atoms with Crippen molar-refractivity contribution in [3.05, 3.63) is 28.5 Å². The van der Waals surface area contributed by atoms with Crippen LogP contribution in [0.25, 0.3) is 10.9 Å². The van der Waals surface area contributed by atoms with Crippen LogP contribution in [0.3, 0.4) is 0 Å². The standard InChI is InChI=1S/C18H23BrF3N5/c1-26-8-10-27(11-9-26)7-3-2-6-23-16-14-12-13(19)4-5-15(14)24-17(25-16)18(20,21)22/h4-5,12H,2-3,6-11H2,1H3,(H,23,24,25). The molecule has 1 saturated heterocycles. The number of anilines is 1. The number of rotatable bonds is 6. The van der Waals surface area contributed by atoms with Crippen molar-refractivity contribution >= 4 is 32.7 Å². The lowest BCUT2D eigenvalue weighted by molar-refractivity contribution is -0.144. The lowest BCUT2D eigenvalue weighted by Gasteiger charge is -2.32. The van der Waals surface area contributed by atoms with E-state index in [-0.39, 0.29) is 11.3 Å². The summed E-state index contributed by atoms with van der Waals surface area (Å²) in [7, 11) is 2.13. The molecule has 2 heterocycles. The fourth-order valence-corrected chi connectivity index (χ4v) is 3.46. The summed E-state index contributed by atoms with van der Waals surface area (Å²) in [5.74, 6) is -0.884. The van der Waals surface area contributed by atoms with Crippen molar-refractivity contribution in [1.82, 2.24) is 19.8 Å². The molecule has 1 fully saturated rings. The number of benzene rings is 1. The maximum Gasteiger partial charge on any atom is 0.451 e. The van der Waals surface area contributed by atoms with E-state index in [1.807, 2.05) is 0 Å². The number of likely N-dealkylation sites (N-methyl/N-ethyl adjacent to an activating group) is 1. The van der Waals surface area contributed by atoms with Crippen LogP contribution < -0.4 is 5.32 Å². The van der Waals surface area contributed by atoms with Gasteiger partial charge in [-0.05, 0) is 44.6 Å². The lowest BCUT2D eigenvalue weighted by Crippen LogP contribution is -2.44. The lowest BCUT2D eigenvalue weighted by atomic mass is 10.2. The summed E-state index contributed by atoms with van der Waals surface area (Å²) in [5.41, 5.74) is 0.278. The van der Waals surface area contributed by atoms with Crippen molar-refractivity contribution in [2.75, 3.05) is 51.6 Å². The van der Waals surface area contributed by atoms with Crippen molar-refractivity contribution in [3.8, 4) is 0 Å². The molecule has 0 atom stereocenters. The Hall–Kier alpha value is -1.45. The van der Waals surface area contributed by atoms with Gasteiger partial charge in [0.15, 0.2) is 0 Å². The molecular weight excluding hydrogens is 423 g/mol. The molecule has 0 spiro atoms.